The van der Waals surface area contributed by atoms with Crippen molar-refractivity contribution in [2.24, 2.45) is 5.92 Å². The second-order valence-corrected chi connectivity index (χ2v) is 13.4. The molecule has 3 aromatic carbocycles. The number of imide groups is 1. The SMILES string of the molecule is O=C(Cn1c2c(sc1=O)C(c1cccc(Cl)c1Cl)C1C(=O)N(c3cccc(C(F)(F)F)c3)C(=O)C1S2)Nc1cccc(C(F)(F)F)c1. The Morgan fingerprint density at radius 2 is 1.49 bits per heavy atom. The van der Waals surface area contributed by atoms with E-state index in [4.69, 9.17) is 23.2 Å². The Morgan fingerprint density at radius 1 is 0.851 bits per heavy atom. The quantitative estimate of drug-likeness (QED) is 0.168. The van der Waals surface area contributed by atoms with Crippen molar-refractivity contribution in [1.82, 2.24) is 4.57 Å². The van der Waals surface area contributed by atoms with E-state index in [-0.39, 0.29) is 36.9 Å². The molecule has 3 atom stereocenters. The number of halogens is 8. The number of hydrogen-bond donors (Lipinski definition) is 1. The van der Waals surface area contributed by atoms with Crippen LogP contribution >= 0.6 is 46.3 Å². The number of hydrogen-bond acceptors (Lipinski definition) is 6. The molecule has 0 radical (unpaired) electrons. The smallest absolute Gasteiger partial charge is 0.325 e. The van der Waals surface area contributed by atoms with Crippen LogP contribution in [-0.2, 0) is 33.3 Å². The van der Waals surface area contributed by atoms with E-state index in [0.29, 0.717) is 22.3 Å². The number of benzene rings is 3. The molecule has 3 unspecified atom stereocenters. The lowest BCUT2D eigenvalue weighted by Crippen LogP contribution is -2.33. The molecule has 0 spiro atoms. The Kier molecular flexibility index (Phi) is 8.47. The minimum atomic E-state index is -4.75. The van der Waals surface area contributed by atoms with Gasteiger partial charge in [-0.3, -0.25) is 23.7 Å². The summed E-state index contributed by atoms with van der Waals surface area (Å²) in [7, 11) is 0. The van der Waals surface area contributed by atoms with Gasteiger partial charge in [0.1, 0.15) is 11.8 Å². The summed E-state index contributed by atoms with van der Waals surface area (Å²) in [4.78, 5) is 54.4. The molecule has 1 saturated heterocycles. The van der Waals surface area contributed by atoms with Crippen molar-refractivity contribution < 1.29 is 40.7 Å². The van der Waals surface area contributed by atoms with Gasteiger partial charge in [0.05, 0.1) is 37.8 Å². The molecule has 17 heteroatoms. The van der Waals surface area contributed by atoms with Crippen molar-refractivity contribution in [2.75, 3.05) is 10.2 Å². The number of rotatable bonds is 5. The molecule has 3 amide bonds. The summed E-state index contributed by atoms with van der Waals surface area (Å²) in [6, 6.07) is 12.2. The summed E-state index contributed by atoms with van der Waals surface area (Å²) in [5, 5.41) is 1.31. The summed E-state index contributed by atoms with van der Waals surface area (Å²) in [5.41, 5.74) is -2.29. The van der Waals surface area contributed by atoms with Crippen LogP contribution in [0.5, 0.6) is 0 Å². The summed E-state index contributed by atoms with van der Waals surface area (Å²) in [5.74, 6) is -4.83. The van der Waals surface area contributed by atoms with Gasteiger partial charge in [0.25, 0.3) is 0 Å². The molecule has 47 heavy (non-hydrogen) atoms. The van der Waals surface area contributed by atoms with Gasteiger partial charge in [-0.2, -0.15) is 26.3 Å². The van der Waals surface area contributed by atoms with Gasteiger partial charge in [-0.25, -0.2) is 4.90 Å². The first-order valence-electron chi connectivity index (χ1n) is 13.4. The Bertz CT molecular complexity index is 2010. The van der Waals surface area contributed by atoms with E-state index in [1.54, 1.807) is 0 Å². The van der Waals surface area contributed by atoms with E-state index in [1.807, 2.05) is 0 Å². The zero-order valence-electron chi connectivity index (χ0n) is 23.2. The summed E-state index contributed by atoms with van der Waals surface area (Å²) < 4.78 is 81.1. The second-order valence-electron chi connectivity index (χ2n) is 10.5. The van der Waals surface area contributed by atoms with E-state index in [1.165, 1.54) is 30.3 Å². The van der Waals surface area contributed by atoms with Crippen molar-refractivity contribution in [3.63, 3.8) is 0 Å². The normalized spacial score (nSPS) is 19.5. The van der Waals surface area contributed by atoms with Crippen molar-refractivity contribution in [3.8, 4) is 0 Å². The van der Waals surface area contributed by atoms with Crippen LogP contribution in [0, 0.1) is 5.92 Å². The predicted molar refractivity (Wildman–Crippen MR) is 164 cm³/mol. The number of amides is 3. The molecule has 1 aromatic heterocycles. The Labute approximate surface area is 279 Å². The highest BCUT2D eigenvalue weighted by molar-refractivity contribution is 8.00. The highest BCUT2D eigenvalue weighted by Crippen LogP contribution is 2.55. The van der Waals surface area contributed by atoms with Crippen LogP contribution < -0.4 is 15.1 Å². The molecule has 1 fully saturated rings. The number of aromatic nitrogens is 1. The maximum Gasteiger partial charge on any atom is 0.416 e. The number of nitrogens with zero attached hydrogens (tertiary/aromatic N) is 2. The number of anilines is 2. The molecule has 0 bridgehead atoms. The van der Waals surface area contributed by atoms with Crippen LogP contribution in [-0.4, -0.2) is 27.5 Å². The molecule has 2 aliphatic rings. The maximum absolute atomic E-state index is 14.0. The largest absolute Gasteiger partial charge is 0.416 e. The Balaban J connectivity index is 1.41. The lowest BCUT2D eigenvalue weighted by molar-refractivity contribution is -0.138. The fourth-order valence-corrected chi connectivity index (χ4v) is 8.73. The standard InChI is InChI=1S/C30H17Cl2F6N3O4S2/c31-18-9-3-8-17(22(18)32)20-21-23(26(44)41(25(21)43)16-7-2-5-14(11-16)30(36,37)38)46-27-24(20)47-28(45)40(27)12-19(42)39-15-6-1-4-13(10-15)29(33,34)35/h1-11,20-21,23H,12H2,(H,39,42). The van der Waals surface area contributed by atoms with Gasteiger partial charge in [0.15, 0.2) is 0 Å². The molecule has 7 nitrogen and oxygen atoms in total. The zero-order chi connectivity index (χ0) is 34.0. The van der Waals surface area contributed by atoms with E-state index in [0.717, 1.165) is 46.7 Å². The van der Waals surface area contributed by atoms with Gasteiger partial charge >= 0.3 is 17.2 Å². The molecular weight excluding hydrogens is 715 g/mol. The van der Waals surface area contributed by atoms with E-state index >= 15 is 0 Å². The number of alkyl halides is 6. The summed E-state index contributed by atoms with van der Waals surface area (Å²) in [6.07, 6.45) is -9.42. The van der Waals surface area contributed by atoms with Crippen LogP contribution in [0.2, 0.25) is 10.0 Å². The number of fused-ring (bicyclic) bond motifs is 2. The third-order valence-corrected chi connectivity index (χ3v) is 11.0. The molecule has 6 rings (SSSR count). The third-order valence-electron chi connectivity index (χ3n) is 7.57. The van der Waals surface area contributed by atoms with Crippen molar-refractivity contribution in [3.05, 3.63) is 108 Å². The average Bonchev–Trinajstić information content (AvgIpc) is 3.44. The van der Waals surface area contributed by atoms with Crippen LogP contribution in [0.4, 0.5) is 37.7 Å². The van der Waals surface area contributed by atoms with Crippen LogP contribution in [0.25, 0.3) is 0 Å². The molecule has 1 N–H and O–H groups in total. The van der Waals surface area contributed by atoms with E-state index < -0.39 is 69.7 Å². The summed E-state index contributed by atoms with van der Waals surface area (Å²) >= 11 is 14.3. The Morgan fingerprint density at radius 3 is 2.17 bits per heavy atom. The van der Waals surface area contributed by atoms with Gasteiger partial charge in [-0.1, -0.05) is 70.6 Å². The Hall–Kier alpha value is -3.79. The number of thiazole rings is 1. The minimum absolute atomic E-state index is 0.0169. The first kappa shape index (κ1) is 33.1. The lowest BCUT2D eigenvalue weighted by Gasteiger charge is -2.31. The van der Waals surface area contributed by atoms with Crippen molar-refractivity contribution in [2.45, 2.75) is 35.1 Å². The van der Waals surface area contributed by atoms with Gasteiger partial charge in [0.2, 0.25) is 17.7 Å². The molecule has 2 aliphatic heterocycles. The lowest BCUT2D eigenvalue weighted by atomic mass is 9.83. The van der Waals surface area contributed by atoms with E-state index in [9.17, 15) is 45.5 Å². The summed E-state index contributed by atoms with van der Waals surface area (Å²) in [6.45, 7) is -0.666. The van der Waals surface area contributed by atoms with Crippen LogP contribution in [0.15, 0.2) is 76.6 Å². The minimum Gasteiger partial charge on any atom is -0.325 e. The number of carbonyl (C=O) groups is 3. The maximum atomic E-state index is 14.0. The monoisotopic (exact) mass is 731 g/mol. The molecule has 0 aliphatic carbocycles. The van der Waals surface area contributed by atoms with E-state index in [2.05, 4.69) is 5.32 Å². The highest BCUT2D eigenvalue weighted by atomic mass is 35.5. The van der Waals surface area contributed by atoms with Gasteiger partial charge in [0, 0.05) is 16.5 Å². The van der Waals surface area contributed by atoms with Crippen molar-refractivity contribution >= 4 is 75.4 Å². The third kappa shape index (κ3) is 6.05. The molecule has 3 heterocycles. The molecule has 4 aromatic rings. The zero-order valence-corrected chi connectivity index (χ0v) is 26.3. The fourth-order valence-electron chi connectivity index (χ4n) is 5.54. The van der Waals surface area contributed by atoms with Gasteiger partial charge in [-0.05, 0) is 48.0 Å². The number of nitrogens with one attached hydrogen (secondary N) is 1. The average molecular weight is 733 g/mol. The first-order chi connectivity index (χ1) is 22.1. The predicted octanol–water partition coefficient (Wildman–Crippen LogP) is 7.69. The van der Waals surface area contributed by atoms with Gasteiger partial charge < -0.3 is 5.32 Å². The highest BCUT2D eigenvalue weighted by Gasteiger charge is 2.57. The molecular formula is C30H17Cl2F6N3O4S2. The topological polar surface area (TPSA) is 88.5 Å². The molecule has 0 saturated carbocycles. The first-order valence-corrected chi connectivity index (χ1v) is 15.9. The number of carbonyl (C=O) groups excluding carboxylic acids is 3. The fraction of sp³-hybridized carbons (Fsp3) is 0.200. The van der Waals surface area contributed by atoms with Crippen LogP contribution in [0.1, 0.15) is 27.5 Å². The van der Waals surface area contributed by atoms with Crippen molar-refractivity contribution in [1.29, 1.82) is 0 Å². The molecule has 244 valence electrons. The number of thioether (sulfide) groups is 1. The second kappa shape index (κ2) is 12.0. The van der Waals surface area contributed by atoms with Gasteiger partial charge in [-0.15, -0.1) is 0 Å². The van der Waals surface area contributed by atoms with Crippen LogP contribution in [0.3, 0.4) is 0 Å².